The van der Waals surface area contributed by atoms with Gasteiger partial charge in [-0.2, -0.15) is 0 Å². The van der Waals surface area contributed by atoms with Gasteiger partial charge in [0.1, 0.15) is 4.34 Å². The van der Waals surface area contributed by atoms with Gasteiger partial charge in [-0.15, -0.1) is 11.3 Å². The Morgan fingerprint density at radius 3 is 2.68 bits per heavy atom. The molecule has 0 aliphatic carbocycles. The van der Waals surface area contributed by atoms with Crippen LogP contribution in [0, 0.1) is 13.8 Å². The van der Waals surface area contributed by atoms with Crippen molar-refractivity contribution in [3.05, 3.63) is 46.0 Å². The number of aromatic nitrogens is 1. The fourth-order valence-corrected chi connectivity index (χ4v) is 3.84. The highest BCUT2D eigenvalue weighted by Gasteiger charge is 2.08. The lowest BCUT2D eigenvalue weighted by Gasteiger charge is -2.07. The molecule has 0 atom stereocenters. The van der Waals surface area contributed by atoms with Gasteiger partial charge < -0.3 is 5.11 Å². The molecule has 0 aliphatic heterocycles. The van der Waals surface area contributed by atoms with Crippen LogP contribution in [-0.4, -0.2) is 16.1 Å². The Labute approximate surface area is 120 Å². The second-order valence-corrected chi connectivity index (χ2v) is 6.41. The highest BCUT2D eigenvalue weighted by atomic mass is 32.2. The summed E-state index contributed by atoms with van der Waals surface area (Å²) in [6, 6.07) is 6.29. The third-order valence-electron chi connectivity index (χ3n) is 2.85. The summed E-state index contributed by atoms with van der Waals surface area (Å²) in [4.78, 5) is 14.9. The van der Waals surface area contributed by atoms with Gasteiger partial charge in [0, 0.05) is 11.1 Å². The first-order chi connectivity index (χ1) is 9.06. The predicted octanol–water partition coefficient (Wildman–Crippen LogP) is 3.68. The molecule has 0 saturated heterocycles. The number of carboxylic acids is 1. The number of hydrogen-bond acceptors (Lipinski definition) is 4. The molecule has 1 aromatic heterocycles. The molecule has 0 saturated carbocycles. The lowest BCUT2D eigenvalue weighted by Crippen LogP contribution is -1.99. The van der Waals surface area contributed by atoms with E-state index >= 15 is 0 Å². The third-order valence-corrected chi connectivity index (χ3v) is 4.94. The van der Waals surface area contributed by atoms with Gasteiger partial charge in [0.2, 0.25) is 0 Å². The maximum Gasteiger partial charge on any atom is 0.309 e. The minimum Gasteiger partial charge on any atom is -0.481 e. The molecule has 5 heteroatoms. The topological polar surface area (TPSA) is 50.2 Å². The molecule has 2 aromatic rings. The van der Waals surface area contributed by atoms with Crippen molar-refractivity contribution in [3.8, 4) is 0 Å². The summed E-state index contributed by atoms with van der Waals surface area (Å²) in [5.41, 5.74) is 4.55. The second-order valence-electron chi connectivity index (χ2n) is 4.33. The summed E-state index contributed by atoms with van der Waals surface area (Å²) in [6.45, 7) is 4.22. The van der Waals surface area contributed by atoms with E-state index in [1.807, 2.05) is 5.38 Å². The first-order valence-corrected chi connectivity index (χ1v) is 7.77. The largest absolute Gasteiger partial charge is 0.481 e. The Morgan fingerprint density at radius 1 is 1.37 bits per heavy atom. The summed E-state index contributed by atoms with van der Waals surface area (Å²) in [7, 11) is 0. The minimum absolute atomic E-state index is 0.000449. The summed E-state index contributed by atoms with van der Waals surface area (Å²) in [5.74, 6) is 0.0371. The maximum atomic E-state index is 10.6. The van der Waals surface area contributed by atoms with Gasteiger partial charge in [0.05, 0.1) is 12.1 Å². The second kappa shape index (κ2) is 6.21. The van der Waals surface area contributed by atoms with Gasteiger partial charge in [-0.1, -0.05) is 30.0 Å². The van der Waals surface area contributed by atoms with Gasteiger partial charge in [-0.3, -0.25) is 4.79 Å². The molecule has 0 spiro atoms. The monoisotopic (exact) mass is 293 g/mol. The van der Waals surface area contributed by atoms with E-state index in [-0.39, 0.29) is 6.42 Å². The quantitative estimate of drug-likeness (QED) is 0.854. The van der Waals surface area contributed by atoms with Gasteiger partial charge in [0.15, 0.2) is 0 Å². The van der Waals surface area contributed by atoms with Crippen LogP contribution in [0.3, 0.4) is 0 Å². The van der Waals surface area contributed by atoms with Crippen LogP contribution >= 0.6 is 23.1 Å². The van der Waals surface area contributed by atoms with Crippen LogP contribution in [0.2, 0.25) is 0 Å². The molecule has 0 radical (unpaired) electrons. The third kappa shape index (κ3) is 3.81. The number of carboxylic acid groups (broad SMARTS) is 1. The summed E-state index contributed by atoms with van der Waals surface area (Å²) < 4.78 is 0.930. The van der Waals surface area contributed by atoms with E-state index in [9.17, 15) is 4.79 Å². The van der Waals surface area contributed by atoms with Crippen molar-refractivity contribution in [1.29, 1.82) is 0 Å². The van der Waals surface area contributed by atoms with E-state index in [2.05, 4.69) is 37.0 Å². The molecular formula is C14H15NO2S2. The van der Waals surface area contributed by atoms with Crippen molar-refractivity contribution in [1.82, 2.24) is 4.98 Å². The molecule has 0 bridgehead atoms. The highest BCUT2D eigenvalue weighted by Crippen LogP contribution is 2.28. The van der Waals surface area contributed by atoms with Crippen molar-refractivity contribution in [2.24, 2.45) is 0 Å². The number of hydrogen-bond donors (Lipinski definition) is 1. The Balaban J connectivity index is 2.02. The minimum atomic E-state index is -0.836. The Hall–Kier alpha value is -1.33. The fourth-order valence-electron chi connectivity index (χ4n) is 1.80. The molecule has 2 rings (SSSR count). The number of benzene rings is 1. The lowest BCUT2D eigenvalue weighted by atomic mass is 10.1. The molecule has 1 heterocycles. The van der Waals surface area contributed by atoms with E-state index in [1.54, 1.807) is 11.8 Å². The summed E-state index contributed by atoms with van der Waals surface area (Å²) >= 11 is 3.18. The molecule has 0 unspecified atom stereocenters. The lowest BCUT2D eigenvalue weighted by molar-refractivity contribution is -0.136. The number of aliphatic carboxylic acids is 1. The molecule has 100 valence electrons. The Morgan fingerprint density at radius 2 is 2.05 bits per heavy atom. The van der Waals surface area contributed by atoms with Crippen molar-refractivity contribution < 1.29 is 9.90 Å². The molecule has 0 aliphatic rings. The van der Waals surface area contributed by atoms with E-state index in [1.165, 1.54) is 28.0 Å². The number of carbonyl (C=O) groups is 1. The van der Waals surface area contributed by atoms with Crippen LogP contribution in [0.4, 0.5) is 0 Å². The van der Waals surface area contributed by atoms with E-state index in [0.717, 1.165) is 10.1 Å². The van der Waals surface area contributed by atoms with E-state index in [4.69, 9.17) is 5.11 Å². The number of aryl methyl sites for hydroxylation is 2. The smallest absolute Gasteiger partial charge is 0.309 e. The molecule has 19 heavy (non-hydrogen) atoms. The average Bonchev–Trinajstić information content (AvgIpc) is 2.75. The zero-order valence-electron chi connectivity index (χ0n) is 10.8. The zero-order chi connectivity index (χ0) is 13.8. The standard InChI is InChI=1S/C14H15NO2S2/c1-9-4-3-5-10(2)12(9)8-19-14-15-11(7-18-14)6-13(16)17/h3-5,7H,6,8H2,1-2H3,(H,16,17). The fraction of sp³-hybridized carbons (Fsp3) is 0.286. The molecule has 1 aromatic carbocycles. The van der Waals surface area contributed by atoms with Crippen molar-refractivity contribution in [2.45, 2.75) is 30.4 Å². The van der Waals surface area contributed by atoms with Crippen molar-refractivity contribution in [3.63, 3.8) is 0 Å². The van der Waals surface area contributed by atoms with E-state index in [0.29, 0.717) is 5.69 Å². The Bertz CT molecular complexity index is 573. The number of nitrogens with zero attached hydrogens (tertiary/aromatic N) is 1. The van der Waals surface area contributed by atoms with E-state index < -0.39 is 5.97 Å². The van der Waals surface area contributed by atoms with Crippen LogP contribution in [0.15, 0.2) is 27.9 Å². The Kier molecular flexibility index (Phi) is 4.61. The maximum absolute atomic E-state index is 10.6. The summed E-state index contributed by atoms with van der Waals surface area (Å²) in [5, 5.41) is 10.5. The van der Waals surface area contributed by atoms with Crippen LogP contribution in [0.1, 0.15) is 22.4 Å². The normalized spacial score (nSPS) is 10.6. The summed E-state index contributed by atoms with van der Waals surface area (Å²) in [6.07, 6.45) is 0.000449. The number of thioether (sulfide) groups is 1. The zero-order valence-corrected chi connectivity index (χ0v) is 12.5. The molecular weight excluding hydrogens is 278 g/mol. The molecule has 0 fully saturated rings. The first-order valence-electron chi connectivity index (χ1n) is 5.90. The van der Waals surface area contributed by atoms with Crippen molar-refractivity contribution >= 4 is 29.1 Å². The number of rotatable bonds is 5. The highest BCUT2D eigenvalue weighted by molar-refractivity contribution is 8.00. The van der Waals surface area contributed by atoms with Gasteiger partial charge >= 0.3 is 5.97 Å². The van der Waals surface area contributed by atoms with Crippen LogP contribution in [-0.2, 0) is 17.0 Å². The van der Waals surface area contributed by atoms with Crippen LogP contribution in [0.5, 0.6) is 0 Å². The van der Waals surface area contributed by atoms with Crippen LogP contribution < -0.4 is 0 Å². The van der Waals surface area contributed by atoms with Crippen molar-refractivity contribution in [2.75, 3.05) is 0 Å². The molecule has 0 amide bonds. The molecule has 1 N–H and O–H groups in total. The van der Waals surface area contributed by atoms with Crippen LogP contribution in [0.25, 0.3) is 0 Å². The van der Waals surface area contributed by atoms with Gasteiger partial charge in [0.25, 0.3) is 0 Å². The SMILES string of the molecule is Cc1cccc(C)c1CSc1nc(CC(=O)O)cs1. The molecule has 3 nitrogen and oxygen atoms in total. The van der Waals surface area contributed by atoms with Gasteiger partial charge in [-0.25, -0.2) is 4.98 Å². The van der Waals surface area contributed by atoms with Gasteiger partial charge in [-0.05, 0) is 30.5 Å². The number of thiazole rings is 1. The first kappa shape index (κ1) is 14.1. The average molecular weight is 293 g/mol. The predicted molar refractivity (Wildman–Crippen MR) is 78.9 cm³/mol.